The van der Waals surface area contributed by atoms with Gasteiger partial charge in [0.15, 0.2) is 0 Å². The van der Waals surface area contributed by atoms with Crippen molar-refractivity contribution < 1.29 is 4.79 Å². The van der Waals surface area contributed by atoms with E-state index in [0.717, 1.165) is 0 Å². The predicted molar refractivity (Wildman–Crippen MR) is 56.9 cm³/mol. The standard InChI is InChI=1S/C10H21N3O/c1-12-10(14)6-9(7-11)13(2)8-4-3-5-8/h8-9H,3-7,11H2,1-2H3,(H,12,14). The Bertz CT molecular complexity index is 192. The van der Waals surface area contributed by atoms with E-state index < -0.39 is 0 Å². The predicted octanol–water partition coefficient (Wildman–Crippen LogP) is -0.0659. The van der Waals surface area contributed by atoms with Gasteiger partial charge in [0.25, 0.3) is 0 Å². The molecule has 0 bridgehead atoms. The highest BCUT2D eigenvalue weighted by Crippen LogP contribution is 2.25. The van der Waals surface area contributed by atoms with Crippen molar-refractivity contribution in [3.63, 3.8) is 0 Å². The van der Waals surface area contributed by atoms with Crippen molar-refractivity contribution in [3.8, 4) is 0 Å². The Labute approximate surface area is 85.8 Å². The summed E-state index contributed by atoms with van der Waals surface area (Å²) in [6, 6.07) is 0.841. The normalized spacial score (nSPS) is 19.1. The van der Waals surface area contributed by atoms with Gasteiger partial charge < -0.3 is 11.1 Å². The van der Waals surface area contributed by atoms with Crippen LogP contribution in [0.3, 0.4) is 0 Å². The van der Waals surface area contributed by atoms with Gasteiger partial charge in [0.2, 0.25) is 5.91 Å². The first-order valence-electron chi connectivity index (χ1n) is 5.31. The zero-order valence-corrected chi connectivity index (χ0v) is 9.12. The smallest absolute Gasteiger partial charge is 0.221 e. The molecule has 1 aliphatic rings. The van der Waals surface area contributed by atoms with Crippen LogP contribution in [0.2, 0.25) is 0 Å². The van der Waals surface area contributed by atoms with Crippen molar-refractivity contribution >= 4 is 5.91 Å². The van der Waals surface area contributed by atoms with Gasteiger partial charge in [0.05, 0.1) is 0 Å². The molecule has 0 aromatic heterocycles. The van der Waals surface area contributed by atoms with Gasteiger partial charge in [0.1, 0.15) is 0 Å². The molecule has 1 rings (SSSR count). The van der Waals surface area contributed by atoms with Crippen molar-refractivity contribution in [2.75, 3.05) is 20.6 Å². The van der Waals surface area contributed by atoms with Crippen LogP contribution in [0.4, 0.5) is 0 Å². The first-order valence-corrected chi connectivity index (χ1v) is 5.31. The quantitative estimate of drug-likeness (QED) is 0.652. The SMILES string of the molecule is CNC(=O)CC(CN)N(C)C1CCC1. The van der Waals surface area contributed by atoms with E-state index in [1.807, 2.05) is 0 Å². The van der Waals surface area contributed by atoms with Gasteiger partial charge >= 0.3 is 0 Å². The largest absolute Gasteiger partial charge is 0.359 e. The number of hydrogen-bond donors (Lipinski definition) is 2. The number of rotatable bonds is 5. The molecule has 1 unspecified atom stereocenters. The third kappa shape index (κ3) is 2.69. The Kier molecular flexibility index (Phi) is 4.35. The number of nitrogens with two attached hydrogens (primary N) is 1. The maximum absolute atomic E-state index is 11.2. The Morgan fingerprint density at radius 1 is 1.64 bits per heavy atom. The average Bonchev–Trinajstić information content (AvgIpc) is 2.10. The zero-order chi connectivity index (χ0) is 10.6. The molecule has 0 aliphatic heterocycles. The maximum Gasteiger partial charge on any atom is 0.221 e. The van der Waals surface area contributed by atoms with Crippen molar-refractivity contribution in [2.24, 2.45) is 5.73 Å². The Hall–Kier alpha value is -0.610. The summed E-state index contributed by atoms with van der Waals surface area (Å²) in [4.78, 5) is 13.5. The first-order chi connectivity index (χ1) is 6.69. The number of nitrogens with one attached hydrogen (secondary N) is 1. The summed E-state index contributed by atoms with van der Waals surface area (Å²) in [5.74, 6) is 0.0756. The highest BCUT2D eigenvalue weighted by Gasteiger charge is 2.27. The van der Waals surface area contributed by atoms with Crippen LogP contribution in [0.25, 0.3) is 0 Å². The van der Waals surface area contributed by atoms with Gasteiger partial charge in [0, 0.05) is 32.1 Å². The molecule has 1 saturated carbocycles. The topological polar surface area (TPSA) is 58.4 Å². The molecule has 82 valence electrons. The van der Waals surface area contributed by atoms with Crippen LogP contribution in [0, 0.1) is 0 Å². The van der Waals surface area contributed by atoms with Crippen LogP contribution in [-0.2, 0) is 4.79 Å². The fourth-order valence-corrected chi connectivity index (χ4v) is 1.80. The van der Waals surface area contributed by atoms with Crippen LogP contribution in [0.1, 0.15) is 25.7 Å². The van der Waals surface area contributed by atoms with Crippen molar-refractivity contribution in [2.45, 2.75) is 37.8 Å². The summed E-state index contributed by atoms with van der Waals surface area (Å²) in [7, 11) is 3.74. The molecule has 4 nitrogen and oxygen atoms in total. The first kappa shape index (κ1) is 11.5. The van der Waals surface area contributed by atoms with Crippen LogP contribution >= 0.6 is 0 Å². The fraction of sp³-hybridized carbons (Fsp3) is 0.900. The van der Waals surface area contributed by atoms with Crippen LogP contribution < -0.4 is 11.1 Å². The minimum absolute atomic E-state index is 0.0756. The third-order valence-electron chi connectivity index (χ3n) is 3.20. The van der Waals surface area contributed by atoms with Crippen molar-refractivity contribution in [1.29, 1.82) is 0 Å². The summed E-state index contributed by atoms with van der Waals surface area (Å²) in [5.41, 5.74) is 5.67. The zero-order valence-electron chi connectivity index (χ0n) is 9.12. The van der Waals surface area contributed by atoms with E-state index in [1.165, 1.54) is 19.3 Å². The second-order valence-corrected chi connectivity index (χ2v) is 4.02. The summed E-state index contributed by atoms with van der Waals surface area (Å²) in [5, 5.41) is 2.64. The fourth-order valence-electron chi connectivity index (χ4n) is 1.80. The Morgan fingerprint density at radius 3 is 2.64 bits per heavy atom. The molecule has 1 atom stereocenters. The number of hydrogen-bond acceptors (Lipinski definition) is 3. The average molecular weight is 199 g/mol. The van der Waals surface area contributed by atoms with E-state index in [1.54, 1.807) is 7.05 Å². The number of likely N-dealkylation sites (N-methyl/N-ethyl adjacent to an activating group) is 1. The number of carbonyl (C=O) groups is 1. The van der Waals surface area contributed by atoms with Crippen molar-refractivity contribution in [3.05, 3.63) is 0 Å². The Morgan fingerprint density at radius 2 is 2.29 bits per heavy atom. The van der Waals surface area contributed by atoms with Gasteiger partial charge in [-0.15, -0.1) is 0 Å². The van der Waals surface area contributed by atoms with Crippen LogP contribution in [0.5, 0.6) is 0 Å². The molecule has 0 heterocycles. The lowest BCUT2D eigenvalue weighted by Gasteiger charge is -2.39. The summed E-state index contributed by atoms with van der Waals surface area (Å²) >= 11 is 0. The minimum atomic E-state index is 0.0756. The Balaban J connectivity index is 2.39. The second kappa shape index (κ2) is 5.32. The summed E-state index contributed by atoms with van der Waals surface area (Å²) < 4.78 is 0. The van der Waals surface area contributed by atoms with Crippen molar-refractivity contribution in [1.82, 2.24) is 10.2 Å². The molecule has 0 aromatic carbocycles. The van der Waals surface area contributed by atoms with E-state index >= 15 is 0 Å². The molecule has 0 saturated heterocycles. The van der Waals surface area contributed by atoms with Crippen LogP contribution in [0.15, 0.2) is 0 Å². The lowest BCUT2D eigenvalue weighted by molar-refractivity contribution is -0.122. The van der Waals surface area contributed by atoms with Gasteiger partial charge in [-0.3, -0.25) is 9.69 Å². The highest BCUT2D eigenvalue weighted by molar-refractivity contribution is 5.76. The van der Waals surface area contributed by atoms with E-state index in [0.29, 0.717) is 19.0 Å². The second-order valence-electron chi connectivity index (χ2n) is 4.02. The molecule has 3 N–H and O–H groups in total. The van der Waals surface area contributed by atoms with Gasteiger partial charge in [-0.2, -0.15) is 0 Å². The molecule has 0 radical (unpaired) electrons. The van der Waals surface area contributed by atoms with E-state index in [2.05, 4.69) is 17.3 Å². The van der Waals surface area contributed by atoms with Crippen LogP contribution in [-0.4, -0.2) is 43.5 Å². The lowest BCUT2D eigenvalue weighted by atomic mass is 9.90. The molecule has 1 amide bonds. The summed E-state index contributed by atoms with van der Waals surface area (Å²) in [6.07, 6.45) is 4.33. The van der Waals surface area contributed by atoms with Gasteiger partial charge in [-0.25, -0.2) is 0 Å². The van der Waals surface area contributed by atoms with E-state index in [-0.39, 0.29) is 11.9 Å². The molecule has 1 aliphatic carbocycles. The number of amides is 1. The molecule has 4 heteroatoms. The van der Waals surface area contributed by atoms with E-state index in [9.17, 15) is 4.79 Å². The minimum Gasteiger partial charge on any atom is -0.359 e. The van der Waals surface area contributed by atoms with Gasteiger partial charge in [-0.1, -0.05) is 6.42 Å². The molecule has 14 heavy (non-hydrogen) atoms. The lowest BCUT2D eigenvalue weighted by Crippen LogP contribution is -2.48. The van der Waals surface area contributed by atoms with E-state index in [4.69, 9.17) is 5.73 Å². The molecular formula is C10H21N3O. The molecule has 1 fully saturated rings. The monoisotopic (exact) mass is 199 g/mol. The summed E-state index contributed by atoms with van der Waals surface area (Å²) in [6.45, 7) is 0.556. The number of carbonyl (C=O) groups excluding carboxylic acids is 1. The third-order valence-corrected chi connectivity index (χ3v) is 3.20. The van der Waals surface area contributed by atoms with Gasteiger partial charge in [-0.05, 0) is 19.9 Å². The molecule has 0 aromatic rings. The maximum atomic E-state index is 11.2. The molecule has 0 spiro atoms. The highest BCUT2D eigenvalue weighted by atomic mass is 16.1. The number of nitrogens with zero attached hydrogens (tertiary/aromatic N) is 1. The molecular weight excluding hydrogens is 178 g/mol.